The number of hydrogen-bond acceptors (Lipinski definition) is 4. The van der Waals surface area contributed by atoms with Gasteiger partial charge in [0.05, 0.1) is 0 Å². The van der Waals surface area contributed by atoms with E-state index in [1.165, 1.54) is 10.7 Å². The molecule has 1 N–H and O–H groups in total. The van der Waals surface area contributed by atoms with Crippen LogP contribution in [0, 0.1) is 5.82 Å². The highest BCUT2D eigenvalue weighted by Gasteiger charge is 2.40. The second kappa shape index (κ2) is 5.99. The number of rotatable bonds is 6. The third-order valence-corrected chi connectivity index (χ3v) is 3.81. The van der Waals surface area contributed by atoms with Crippen molar-refractivity contribution >= 4 is 5.97 Å². The summed E-state index contributed by atoms with van der Waals surface area (Å²) in [6.45, 7) is 3.54. The first kappa shape index (κ1) is 15.1. The van der Waals surface area contributed by atoms with Crippen LogP contribution in [0.2, 0.25) is 0 Å². The summed E-state index contributed by atoms with van der Waals surface area (Å²) in [5.41, 5.74) is -0.774. The fourth-order valence-corrected chi connectivity index (χ4v) is 2.40. The molecule has 0 bridgehead atoms. The molecule has 0 spiro atoms. The fraction of sp³-hybridized carbons (Fsp3) is 0.429. The zero-order valence-corrected chi connectivity index (χ0v) is 12.0. The van der Waals surface area contributed by atoms with Crippen LogP contribution in [-0.2, 0) is 16.8 Å². The van der Waals surface area contributed by atoms with Gasteiger partial charge in [-0.05, 0) is 34.9 Å². The van der Waals surface area contributed by atoms with Gasteiger partial charge in [-0.1, -0.05) is 32.0 Å². The Hall–Kier alpha value is -2.31. The lowest BCUT2D eigenvalue weighted by atomic mass is 9.93. The molecule has 7 heteroatoms. The number of aromatic nitrogens is 4. The van der Waals surface area contributed by atoms with Crippen molar-refractivity contribution in [1.29, 1.82) is 0 Å². The molecule has 2 rings (SSSR count). The van der Waals surface area contributed by atoms with Crippen LogP contribution in [0.5, 0.6) is 0 Å². The van der Waals surface area contributed by atoms with Crippen LogP contribution in [0.4, 0.5) is 4.39 Å². The summed E-state index contributed by atoms with van der Waals surface area (Å²) >= 11 is 0. The van der Waals surface area contributed by atoms with Gasteiger partial charge in [-0.3, -0.25) is 0 Å². The standard InChI is InChI=1S/C14H17FN4O2/c1-3-14(4-2,13(20)21)19-12(16-17-18-19)9-10-7-5-6-8-11(10)15/h5-8H,3-4,9H2,1-2H3,(H,20,21). The van der Waals surface area contributed by atoms with Gasteiger partial charge in [0, 0.05) is 6.42 Å². The van der Waals surface area contributed by atoms with Crippen LogP contribution < -0.4 is 0 Å². The minimum atomic E-state index is -1.20. The third-order valence-electron chi connectivity index (χ3n) is 3.81. The quantitative estimate of drug-likeness (QED) is 0.880. The molecule has 0 aliphatic rings. The van der Waals surface area contributed by atoms with E-state index < -0.39 is 11.5 Å². The summed E-state index contributed by atoms with van der Waals surface area (Å²) in [4.78, 5) is 11.7. The van der Waals surface area contributed by atoms with Crippen LogP contribution in [0.15, 0.2) is 24.3 Å². The van der Waals surface area contributed by atoms with Crippen molar-refractivity contribution in [2.24, 2.45) is 0 Å². The van der Waals surface area contributed by atoms with Crippen molar-refractivity contribution in [2.45, 2.75) is 38.6 Å². The predicted octanol–water partition coefficient (Wildman–Crippen LogP) is 2.00. The average molecular weight is 292 g/mol. The number of benzene rings is 1. The zero-order valence-electron chi connectivity index (χ0n) is 12.0. The number of carboxylic acid groups (broad SMARTS) is 1. The Labute approximate surface area is 121 Å². The molecule has 1 aromatic heterocycles. The molecule has 0 aliphatic heterocycles. The fourth-order valence-electron chi connectivity index (χ4n) is 2.40. The van der Waals surface area contributed by atoms with Gasteiger partial charge in [0.2, 0.25) is 0 Å². The Kier molecular flexibility index (Phi) is 4.30. The molecule has 2 aromatic rings. The molecule has 112 valence electrons. The van der Waals surface area contributed by atoms with Crippen molar-refractivity contribution in [3.8, 4) is 0 Å². The average Bonchev–Trinajstić information content (AvgIpc) is 2.92. The second-order valence-corrected chi connectivity index (χ2v) is 4.82. The second-order valence-electron chi connectivity index (χ2n) is 4.82. The summed E-state index contributed by atoms with van der Waals surface area (Å²) in [5, 5.41) is 20.8. The topological polar surface area (TPSA) is 80.9 Å². The molecule has 1 heterocycles. The maximum absolute atomic E-state index is 13.7. The number of aliphatic carboxylic acids is 1. The van der Waals surface area contributed by atoms with E-state index in [2.05, 4.69) is 15.5 Å². The van der Waals surface area contributed by atoms with E-state index in [0.29, 0.717) is 24.2 Å². The molecule has 0 saturated carbocycles. The number of halogens is 1. The number of nitrogens with zero attached hydrogens (tertiary/aromatic N) is 4. The van der Waals surface area contributed by atoms with Gasteiger partial charge < -0.3 is 5.11 Å². The van der Waals surface area contributed by atoms with Crippen LogP contribution in [-0.4, -0.2) is 31.3 Å². The summed E-state index contributed by atoms with van der Waals surface area (Å²) in [5.74, 6) is -1.01. The molecule has 0 saturated heterocycles. The molecule has 0 radical (unpaired) electrons. The Morgan fingerprint density at radius 1 is 1.33 bits per heavy atom. The maximum Gasteiger partial charge on any atom is 0.331 e. The van der Waals surface area contributed by atoms with Crippen LogP contribution in [0.1, 0.15) is 38.1 Å². The van der Waals surface area contributed by atoms with E-state index in [-0.39, 0.29) is 12.2 Å². The lowest BCUT2D eigenvalue weighted by Crippen LogP contribution is -2.42. The molecular formula is C14H17FN4O2. The van der Waals surface area contributed by atoms with E-state index in [1.54, 1.807) is 32.0 Å². The van der Waals surface area contributed by atoms with Gasteiger partial charge in [0.25, 0.3) is 0 Å². The summed E-state index contributed by atoms with van der Waals surface area (Å²) in [6, 6.07) is 6.31. The molecule has 0 unspecified atom stereocenters. The first-order valence-electron chi connectivity index (χ1n) is 6.79. The van der Waals surface area contributed by atoms with E-state index in [1.807, 2.05) is 0 Å². The van der Waals surface area contributed by atoms with Crippen molar-refractivity contribution in [3.63, 3.8) is 0 Å². The molecule has 0 aliphatic carbocycles. The number of hydrogen-bond donors (Lipinski definition) is 1. The van der Waals surface area contributed by atoms with Crippen molar-refractivity contribution in [3.05, 3.63) is 41.5 Å². The summed E-state index contributed by atoms with van der Waals surface area (Å²) in [6.07, 6.45) is 0.830. The maximum atomic E-state index is 13.7. The number of tetrazole rings is 1. The largest absolute Gasteiger partial charge is 0.479 e. The monoisotopic (exact) mass is 292 g/mol. The molecule has 0 amide bonds. The Bertz CT molecular complexity index is 637. The highest BCUT2D eigenvalue weighted by Crippen LogP contribution is 2.26. The molecular weight excluding hydrogens is 275 g/mol. The highest BCUT2D eigenvalue weighted by molar-refractivity contribution is 5.76. The molecule has 0 atom stereocenters. The molecule has 1 aromatic carbocycles. The van der Waals surface area contributed by atoms with E-state index in [4.69, 9.17) is 0 Å². The van der Waals surface area contributed by atoms with Crippen molar-refractivity contribution in [1.82, 2.24) is 20.2 Å². The summed E-state index contributed by atoms with van der Waals surface area (Å²) in [7, 11) is 0. The molecule has 0 fully saturated rings. The van der Waals surface area contributed by atoms with Crippen molar-refractivity contribution < 1.29 is 14.3 Å². The Balaban J connectivity index is 2.43. The number of carboxylic acids is 1. The van der Waals surface area contributed by atoms with Gasteiger partial charge in [-0.15, -0.1) is 5.10 Å². The first-order valence-corrected chi connectivity index (χ1v) is 6.79. The Morgan fingerprint density at radius 2 is 2.00 bits per heavy atom. The van der Waals surface area contributed by atoms with Gasteiger partial charge >= 0.3 is 5.97 Å². The van der Waals surface area contributed by atoms with Gasteiger partial charge in [0.1, 0.15) is 5.82 Å². The van der Waals surface area contributed by atoms with E-state index >= 15 is 0 Å². The van der Waals surface area contributed by atoms with E-state index in [0.717, 1.165) is 0 Å². The number of carbonyl (C=O) groups is 1. The smallest absolute Gasteiger partial charge is 0.331 e. The third kappa shape index (κ3) is 2.63. The Morgan fingerprint density at radius 3 is 2.57 bits per heavy atom. The molecule has 21 heavy (non-hydrogen) atoms. The van der Waals surface area contributed by atoms with Gasteiger partial charge in [0.15, 0.2) is 11.4 Å². The highest BCUT2D eigenvalue weighted by atomic mass is 19.1. The first-order chi connectivity index (χ1) is 10.0. The van der Waals surface area contributed by atoms with Gasteiger partial charge in [-0.2, -0.15) is 0 Å². The summed E-state index contributed by atoms with van der Waals surface area (Å²) < 4.78 is 15.0. The minimum absolute atomic E-state index is 0.148. The van der Waals surface area contributed by atoms with Crippen molar-refractivity contribution in [2.75, 3.05) is 0 Å². The normalized spacial score (nSPS) is 11.6. The zero-order chi connectivity index (χ0) is 15.5. The SMILES string of the molecule is CCC(CC)(C(=O)O)n1nnnc1Cc1ccccc1F. The van der Waals surface area contributed by atoms with Crippen LogP contribution in [0.3, 0.4) is 0 Å². The van der Waals surface area contributed by atoms with Gasteiger partial charge in [-0.25, -0.2) is 13.9 Å². The van der Waals surface area contributed by atoms with Crippen LogP contribution in [0.25, 0.3) is 0 Å². The molecule has 6 nitrogen and oxygen atoms in total. The van der Waals surface area contributed by atoms with E-state index in [9.17, 15) is 14.3 Å². The lowest BCUT2D eigenvalue weighted by molar-refractivity contribution is -0.148. The predicted molar refractivity (Wildman–Crippen MR) is 73.2 cm³/mol. The van der Waals surface area contributed by atoms with Crippen LogP contribution >= 0.6 is 0 Å². The minimum Gasteiger partial charge on any atom is -0.479 e. The lowest BCUT2D eigenvalue weighted by Gasteiger charge is -2.27.